The zero-order valence-corrected chi connectivity index (χ0v) is 16.6. The van der Waals surface area contributed by atoms with Crippen LogP contribution in [0, 0.1) is 5.92 Å². The third-order valence-corrected chi connectivity index (χ3v) is 5.95. The van der Waals surface area contributed by atoms with E-state index in [9.17, 15) is 4.79 Å². The van der Waals surface area contributed by atoms with Crippen LogP contribution in [-0.4, -0.2) is 70.4 Å². The number of morpholine rings is 1. The number of ether oxygens (including phenoxy) is 1. The van der Waals surface area contributed by atoms with Crippen molar-refractivity contribution in [1.82, 2.24) is 25.1 Å². The average Bonchev–Trinajstić information content (AvgIpc) is 3.32. The van der Waals surface area contributed by atoms with Gasteiger partial charge in [0.1, 0.15) is 0 Å². The lowest BCUT2D eigenvalue weighted by Crippen LogP contribution is -2.40. The van der Waals surface area contributed by atoms with Crippen molar-refractivity contribution in [3.63, 3.8) is 0 Å². The summed E-state index contributed by atoms with van der Waals surface area (Å²) in [7, 11) is 0. The highest BCUT2D eigenvalue weighted by atomic mass is 16.5. The Morgan fingerprint density at radius 1 is 1.10 bits per heavy atom. The molecule has 3 fully saturated rings. The molecule has 2 aromatic rings. The molecule has 9 nitrogen and oxygen atoms in total. The van der Waals surface area contributed by atoms with Gasteiger partial charge < -0.3 is 18.7 Å². The summed E-state index contributed by atoms with van der Waals surface area (Å²) in [4.78, 5) is 21.6. The number of hydrogen-bond donors (Lipinski definition) is 0. The predicted molar refractivity (Wildman–Crippen MR) is 101 cm³/mol. The van der Waals surface area contributed by atoms with Gasteiger partial charge in [0.25, 0.3) is 5.91 Å². The van der Waals surface area contributed by atoms with Crippen LogP contribution in [0.25, 0.3) is 0 Å². The maximum atomic E-state index is 12.9. The van der Waals surface area contributed by atoms with Crippen molar-refractivity contribution < 1.29 is 18.6 Å². The largest absolute Gasteiger partial charge is 0.379 e. The number of hydrogen-bond acceptors (Lipinski definition) is 8. The van der Waals surface area contributed by atoms with E-state index in [-0.39, 0.29) is 5.91 Å². The van der Waals surface area contributed by atoms with E-state index in [0.29, 0.717) is 30.6 Å². The van der Waals surface area contributed by atoms with Crippen LogP contribution >= 0.6 is 0 Å². The van der Waals surface area contributed by atoms with Gasteiger partial charge in [-0.1, -0.05) is 10.3 Å². The van der Waals surface area contributed by atoms with Crippen LogP contribution in [0.4, 0.5) is 0 Å². The van der Waals surface area contributed by atoms with Gasteiger partial charge >= 0.3 is 0 Å². The van der Waals surface area contributed by atoms with Gasteiger partial charge in [0.2, 0.25) is 5.89 Å². The van der Waals surface area contributed by atoms with Gasteiger partial charge in [0, 0.05) is 44.6 Å². The third-order valence-electron chi connectivity index (χ3n) is 5.95. The molecule has 1 unspecified atom stereocenters. The van der Waals surface area contributed by atoms with Crippen molar-refractivity contribution in [1.29, 1.82) is 0 Å². The van der Waals surface area contributed by atoms with Crippen LogP contribution in [-0.2, 0) is 17.7 Å². The van der Waals surface area contributed by atoms with Gasteiger partial charge in [-0.2, -0.15) is 4.98 Å². The molecule has 1 saturated carbocycles. The summed E-state index contributed by atoms with van der Waals surface area (Å²) < 4.78 is 16.1. The molecule has 2 aliphatic heterocycles. The van der Waals surface area contributed by atoms with E-state index < -0.39 is 0 Å². The van der Waals surface area contributed by atoms with Crippen LogP contribution in [0.5, 0.6) is 0 Å². The van der Waals surface area contributed by atoms with E-state index in [4.69, 9.17) is 13.8 Å². The number of piperidine rings is 1. The van der Waals surface area contributed by atoms with Gasteiger partial charge in [0.05, 0.1) is 19.8 Å². The van der Waals surface area contributed by atoms with E-state index in [1.54, 1.807) is 6.07 Å². The van der Waals surface area contributed by atoms with Gasteiger partial charge in [0.15, 0.2) is 17.3 Å². The molecule has 0 aromatic carbocycles. The van der Waals surface area contributed by atoms with E-state index in [2.05, 4.69) is 20.2 Å². The second kappa shape index (κ2) is 8.23. The van der Waals surface area contributed by atoms with E-state index >= 15 is 0 Å². The average molecular weight is 401 g/mol. The van der Waals surface area contributed by atoms with Crippen LogP contribution < -0.4 is 0 Å². The first-order chi connectivity index (χ1) is 14.2. The van der Waals surface area contributed by atoms with E-state index in [1.807, 2.05) is 4.90 Å². The zero-order chi connectivity index (χ0) is 19.6. The Morgan fingerprint density at radius 3 is 2.79 bits per heavy atom. The number of rotatable bonds is 6. The van der Waals surface area contributed by atoms with Crippen LogP contribution in [0.1, 0.15) is 59.6 Å². The highest BCUT2D eigenvalue weighted by Gasteiger charge is 2.31. The summed E-state index contributed by atoms with van der Waals surface area (Å²) in [6, 6.07) is 1.78. The lowest BCUT2D eigenvalue weighted by atomic mass is 9.94. The zero-order valence-electron chi connectivity index (χ0n) is 16.6. The summed E-state index contributed by atoms with van der Waals surface area (Å²) in [6.07, 6.45) is 5.10. The summed E-state index contributed by atoms with van der Waals surface area (Å²) in [6.45, 7) is 5.31. The summed E-state index contributed by atoms with van der Waals surface area (Å²) in [5, 5.41) is 8.16. The molecule has 0 N–H and O–H groups in total. The lowest BCUT2D eigenvalue weighted by molar-refractivity contribution is 0.0305. The van der Waals surface area contributed by atoms with E-state index in [1.165, 1.54) is 0 Å². The fraction of sp³-hybridized carbons (Fsp3) is 0.700. The smallest absolute Gasteiger partial charge is 0.276 e. The SMILES string of the molecule is O=C(c1cc(CN2CCOCC2)on1)N1CCCC(Cc2noc(C3CC3)n2)C1. The minimum atomic E-state index is -0.0570. The van der Waals surface area contributed by atoms with Crippen LogP contribution in [0.15, 0.2) is 15.1 Å². The summed E-state index contributed by atoms with van der Waals surface area (Å²) in [5.41, 5.74) is 0.393. The quantitative estimate of drug-likeness (QED) is 0.723. The molecule has 3 aliphatic rings. The molecule has 4 heterocycles. The normalized spacial score (nSPS) is 23.4. The Balaban J connectivity index is 1.17. The number of carbonyl (C=O) groups is 1. The van der Waals surface area contributed by atoms with Crippen LogP contribution in [0.2, 0.25) is 0 Å². The van der Waals surface area contributed by atoms with Crippen molar-refractivity contribution in [3.05, 3.63) is 29.2 Å². The highest BCUT2D eigenvalue weighted by Crippen LogP contribution is 2.39. The third kappa shape index (κ3) is 4.51. The summed E-state index contributed by atoms with van der Waals surface area (Å²) >= 11 is 0. The summed E-state index contributed by atoms with van der Waals surface area (Å²) in [5.74, 6) is 3.03. The second-order valence-corrected chi connectivity index (χ2v) is 8.35. The molecule has 29 heavy (non-hydrogen) atoms. The molecule has 1 aliphatic carbocycles. The Morgan fingerprint density at radius 2 is 1.97 bits per heavy atom. The molecule has 0 spiro atoms. The molecule has 9 heteroatoms. The number of carbonyl (C=O) groups excluding carboxylic acids is 1. The van der Waals surface area contributed by atoms with Crippen molar-refractivity contribution >= 4 is 5.91 Å². The molecular formula is C20H27N5O4. The van der Waals surface area contributed by atoms with Gasteiger partial charge in [-0.05, 0) is 31.6 Å². The van der Waals surface area contributed by atoms with Crippen molar-refractivity contribution in [3.8, 4) is 0 Å². The first-order valence-corrected chi connectivity index (χ1v) is 10.6. The predicted octanol–water partition coefficient (Wildman–Crippen LogP) is 1.86. The fourth-order valence-electron chi connectivity index (χ4n) is 4.15. The minimum absolute atomic E-state index is 0.0570. The molecular weight excluding hydrogens is 374 g/mol. The molecule has 0 radical (unpaired) electrons. The Labute approximate surface area is 169 Å². The number of nitrogens with zero attached hydrogens (tertiary/aromatic N) is 5. The van der Waals surface area contributed by atoms with Crippen LogP contribution in [0.3, 0.4) is 0 Å². The van der Waals surface area contributed by atoms with Gasteiger partial charge in [-0.25, -0.2) is 0 Å². The Bertz CT molecular complexity index is 840. The molecule has 1 atom stereocenters. The molecule has 1 amide bonds. The molecule has 156 valence electrons. The topological polar surface area (TPSA) is 97.7 Å². The maximum absolute atomic E-state index is 12.9. The van der Waals surface area contributed by atoms with Crippen molar-refractivity contribution in [2.75, 3.05) is 39.4 Å². The first kappa shape index (κ1) is 18.7. The molecule has 2 aromatic heterocycles. The highest BCUT2D eigenvalue weighted by molar-refractivity contribution is 5.92. The standard InChI is InChI=1S/C20H27N5O4/c26-20(17-11-16(28-22-17)13-24-6-8-27-9-7-24)25-5-1-2-14(12-25)10-18-21-19(29-23-18)15-3-4-15/h11,14-15H,1-10,12-13H2. The molecule has 0 bridgehead atoms. The Kier molecular flexibility index (Phi) is 5.32. The molecule has 2 saturated heterocycles. The van der Waals surface area contributed by atoms with Gasteiger partial charge in [-0.3, -0.25) is 9.69 Å². The molecule has 5 rings (SSSR count). The minimum Gasteiger partial charge on any atom is -0.379 e. The fourth-order valence-corrected chi connectivity index (χ4v) is 4.15. The van der Waals surface area contributed by atoms with E-state index in [0.717, 1.165) is 82.4 Å². The van der Waals surface area contributed by atoms with Gasteiger partial charge in [-0.15, -0.1) is 0 Å². The Hall–Kier alpha value is -2.26. The number of amides is 1. The lowest BCUT2D eigenvalue weighted by Gasteiger charge is -2.31. The second-order valence-electron chi connectivity index (χ2n) is 8.35. The van der Waals surface area contributed by atoms with Crippen molar-refractivity contribution in [2.45, 2.75) is 44.6 Å². The number of likely N-dealkylation sites (tertiary alicyclic amines) is 1. The monoisotopic (exact) mass is 401 g/mol. The van der Waals surface area contributed by atoms with Crippen molar-refractivity contribution in [2.24, 2.45) is 5.92 Å². The maximum Gasteiger partial charge on any atom is 0.276 e. The first-order valence-electron chi connectivity index (χ1n) is 10.6. The number of aromatic nitrogens is 3.